The Morgan fingerprint density at radius 3 is 2.94 bits per heavy atom. The van der Waals surface area contributed by atoms with Crippen LogP contribution in [-0.2, 0) is 4.74 Å². The van der Waals surface area contributed by atoms with Gasteiger partial charge in [0, 0.05) is 6.54 Å². The van der Waals surface area contributed by atoms with Gasteiger partial charge in [-0.15, -0.1) is 0 Å². The number of hydrogen-bond donors (Lipinski definition) is 1. The molecule has 18 heavy (non-hydrogen) atoms. The lowest BCUT2D eigenvalue weighted by Crippen LogP contribution is -2.16. The molecule has 0 bridgehead atoms. The monoisotopic (exact) mass is 315 g/mol. The lowest BCUT2D eigenvalue weighted by atomic mass is 10.3. The van der Waals surface area contributed by atoms with Crippen LogP contribution in [0.2, 0.25) is 0 Å². The number of nitrogens with one attached hydrogen (secondary N) is 1. The van der Waals surface area contributed by atoms with Gasteiger partial charge in [0.15, 0.2) is 0 Å². The van der Waals surface area contributed by atoms with Crippen molar-refractivity contribution in [3.05, 3.63) is 10.7 Å². The molecule has 100 valence electrons. The molecule has 1 fully saturated rings. The van der Waals surface area contributed by atoms with Crippen molar-refractivity contribution in [2.24, 2.45) is 0 Å². The number of aromatic nitrogens is 2. The van der Waals surface area contributed by atoms with Crippen molar-refractivity contribution in [3.63, 3.8) is 0 Å². The number of ether oxygens (including phenoxy) is 2. The van der Waals surface area contributed by atoms with E-state index in [2.05, 4.69) is 31.2 Å². The standard InChI is InChI=1S/C12H18BrN3O2/c1-17-11-10(13)8-15-12(16-11)14-6-7-18-9-4-2-3-5-9/h8-9H,2-7H2,1H3,(H,14,15,16). The van der Waals surface area contributed by atoms with E-state index in [1.165, 1.54) is 25.7 Å². The zero-order valence-corrected chi connectivity index (χ0v) is 12.1. The minimum atomic E-state index is 0.451. The highest BCUT2D eigenvalue weighted by Crippen LogP contribution is 2.22. The van der Waals surface area contributed by atoms with E-state index in [0.717, 1.165) is 4.47 Å². The summed E-state index contributed by atoms with van der Waals surface area (Å²) in [5.74, 6) is 1.09. The maximum atomic E-state index is 5.75. The normalized spacial score (nSPS) is 15.9. The molecule has 1 N–H and O–H groups in total. The van der Waals surface area contributed by atoms with Gasteiger partial charge in [0.25, 0.3) is 0 Å². The highest BCUT2D eigenvalue weighted by atomic mass is 79.9. The minimum Gasteiger partial charge on any atom is -0.480 e. The highest BCUT2D eigenvalue weighted by molar-refractivity contribution is 9.10. The first kappa shape index (κ1) is 13.5. The summed E-state index contributed by atoms with van der Waals surface area (Å²) in [7, 11) is 1.58. The van der Waals surface area contributed by atoms with Crippen molar-refractivity contribution in [1.82, 2.24) is 9.97 Å². The van der Waals surface area contributed by atoms with E-state index in [-0.39, 0.29) is 0 Å². The van der Waals surface area contributed by atoms with Crippen LogP contribution in [0, 0.1) is 0 Å². The van der Waals surface area contributed by atoms with Gasteiger partial charge in [-0.3, -0.25) is 0 Å². The van der Waals surface area contributed by atoms with Gasteiger partial charge in [-0.1, -0.05) is 12.8 Å². The maximum absolute atomic E-state index is 5.75. The first-order valence-electron chi connectivity index (χ1n) is 6.21. The van der Waals surface area contributed by atoms with E-state index >= 15 is 0 Å². The molecule has 1 saturated carbocycles. The zero-order chi connectivity index (χ0) is 12.8. The molecule has 0 aromatic carbocycles. The van der Waals surface area contributed by atoms with Crippen LogP contribution in [0.4, 0.5) is 5.95 Å². The quantitative estimate of drug-likeness (QED) is 0.818. The lowest BCUT2D eigenvalue weighted by Gasteiger charge is -2.11. The van der Waals surface area contributed by atoms with Crippen LogP contribution in [0.15, 0.2) is 10.7 Å². The predicted molar refractivity (Wildman–Crippen MR) is 73.0 cm³/mol. The molecule has 1 aliphatic rings. The van der Waals surface area contributed by atoms with Crippen LogP contribution in [0.3, 0.4) is 0 Å². The first-order chi connectivity index (χ1) is 8.79. The van der Waals surface area contributed by atoms with E-state index in [1.807, 2.05) is 0 Å². The molecule has 1 heterocycles. The van der Waals surface area contributed by atoms with Crippen LogP contribution in [0.25, 0.3) is 0 Å². The van der Waals surface area contributed by atoms with Crippen LogP contribution >= 0.6 is 15.9 Å². The van der Waals surface area contributed by atoms with Gasteiger partial charge in [-0.25, -0.2) is 4.98 Å². The van der Waals surface area contributed by atoms with Crippen molar-refractivity contribution in [3.8, 4) is 5.88 Å². The second-order valence-corrected chi connectivity index (χ2v) is 5.11. The average Bonchev–Trinajstić information content (AvgIpc) is 2.89. The van der Waals surface area contributed by atoms with E-state index in [4.69, 9.17) is 9.47 Å². The summed E-state index contributed by atoms with van der Waals surface area (Å²) in [5.41, 5.74) is 0. The predicted octanol–water partition coefficient (Wildman–Crippen LogP) is 2.62. The molecular formula is C12H18BrN3O2. The van der Waals surface area contributed by atoms with Crippen LogP contribution < -0.4 is 10.1 Å². The Hall–Kier alpha value is -0.880. The molecule has 1 aromatic heterocycles. The number of rotatable bonds is 6. The van der Waals surface area contributed by atoms with E-state index < -0.39 is 0 Å². The van der Waals surface area contributed by atoms with Crippen molar-refractivity contribution in [2.75, 3.05) is 25.6 Å². The molecule has 0 atom stereocenters. The summed E-state index contributed by atoms with van der Waals surface area (Å²) in [4.78, 5) is 8.36. The molecule has 1 aromatic rings. The third-order valence-corrected chi connectivity index (χ3v) is 3.49. The van der Waals surface area contributed by atoms with E-state index in [0.29, 0.717) is 31.1 Å². The fourth-order valence-electron chi connectivity index (χ4n) is 2.02. The summed E-state index contributed by atoms with van der Waals surface area (Å²) in [5, 5.41) is 3.12. The fraction of sp³-hybridized carbons (Fsp3) is 0.667. The highest BCUT2D eigenvalue weighted by Gasteiger charge is 2.14. The molecule has 2 rings (SSSR count). The topological polar surface area (TPSA) is 56.3 Å². The van der Waals surface area contributed by atoms with Crippen molar-refractivity contribution in [2.45, 2.75) is 31.8 Å². The number of hydrogen-bond acceptors (Lipinski definition) is 5. The second kappa shape index (κ2) is 6.89. The number of anilines is 1. The third-order valence-electron chi connectivity index (χ3n) is 2.95. The van der Waals surface area contributed by atoms with Crippen LogP contribution in [0.1, 0.15) is 25.7 Å². The van der Waals surface area contributed by atoms with Gasteiger partial charge < -0.3 is 14.8 Å². The Morgan fingerprint density at radius 2 is 2.22 bits per heavy atom. The summed E-state index contributed by atoms with van der Waals surface area (Å²) in [6, 6.07) is 0. The van der Waals surface area contributed by atoms with Gasteiger partial charge in [0.2, 0.25) is 11.8 Å². The minimum absolute atomic E-state index is 0.451. The van der Waals surface area contributed by atoms with Crippen molar-refractivity contribution in [1.29, 1.82) is 0 Å². The van der Waals surface area contributed by atoms with Gasteiger partial charge in [0.1, 0.15) is 0 Å². The molecule has 0 spiro atoms. The second-order valence-electron chi connectivity index (χ2n) is 4.25. The molecule has 6 heteroatoms. The Labute approximate surface area is 115 Å². The number of nitrogens with zero attached hydrogens (tertiary/aromatic N) is 2. The Balaban J connectivity index is 1.72. The third kappa shape index (κ3) is 3.81. The molecule has 0 amide bonds. The Kier molecular flexibility index (Phi) is 5.19. The fourth-order valence-corrected chi connectivity index (χ4v) is 2.38. The molecule has 1 aliphatic carbocycles. The van der Waals surface area contributed by atoms with Crippen LogP contribution in [-0.4, -0.2) is 36.3 Å². The molecule has 0 unspecified atom stereocenters. The molecule has 5 nitrogen and oxygen atoms in total. The van der Waals surface area contributed by atoms with Gasteiger partial charge >= 0.3 is 0 Å². The van der Waals surface area contributed by atoms with Crippen molar-refractivity contribution < 1.29 is 9.47 Å². The molecule has 0 radical (unpaired) electrons. The summed E-state index contributed by atoms with van der Waals surface area (Å²) >= 11 is 3.31. The Bertz CT molecular complexity index is 384. The first-order valence-corrected chi connectivity index (χ1v) is 7.01. The number of halogens is 1. The summed E-state index contributed by atoms with van der Waals surface area (Å²) in [6.07, 6.45) is 7.11. The summed E-state index contributed by atoms with van der Waals surface area (Å²) in [6.45, 7) is 1.40. The average molecular weight is 316 g/mol. The zero-order valence-electron chi connectivity index (χ0n) is 10.5. The number of methoxy groups -OCH3 is 1. The van der Waals surface area contributed by atoms with Crippen molar-refractivity contribution >= 4 is 21.9 Å². The van der Waals surface area contributed by atoms with Gasteiger partial charge in [-0.2, -0.15) is 4.98 Å². The maximum Gasteiger partial charge on any atom is 0.232 e. The van der Waals surface area contributed by atoms with Crippen LogP contribution in [0.5, 0.6) is 5.88 Å². The van der Waals surface area contributed by atoms with E-state index in [1.54, 1.807) is 13.3 Å². The molecular weight excluding hydrogens is 298 g/mol. The lowest BCUT2D eigenvalue weighted by molar-refractivity contribution is 0.0658. The Morgan fingerprint density at radius 1 is 1.44 bits per heavy atom. The molecule has 0 saturated heterocycles. The van der Waals surface area contributed by atoms with Gasteiger partial charge in [0.05, 0.1) is 30.5 Å². The summed E-state index contributed by atoms with van der Waals surface area (Å²) < 4.78 is 11.6. The molecule has 0 aliphatic heterocycles. The largest absolute Gasteiger partial charge is 0.480 e. The SMILES string of the molecule is COc1nc(NCCOC2CCCC2)ncc1Br. The van der Waals surface area contributed by atoms with Gasteiger partial charge in [-0.05, 0) is 28.8 Å². The smallest absolute Gasteiger partial charge is 0.232 e. The van der Waals surface area contributed by atoms with E-state index in [9.17, 15) is 0 Å².